The quantitative estimate of drug-likeness (QED) is 0.124. The van der Waals surface area contributed by atoms with Crippen LogP contribution in [0.2, 0.25) is 0 Å². The number of pyridine rings is 3. The number of alkyl halides is 2. The lowest BCUT2D eigenvalue weighted by atomic mass is 10.1. The molecule has 3 atom stereocenters. The second-order valence-corrected chi connectivity index (χ2v) is 24.1. The number of fused-ring (bicyclic) bond motifs is 3. The van der Waals surface area contributed by atoms with Crippen molar-refractivity contribution >= 4 is 95.3 Å². The zero-order chi connectivity index (χ0) is 51.1. The van der Waals surface area contributed by atoms with E-state index in [-0.39, 0.29) is 48.3 Å². The van der Waals surface area contributed by atoms with Crippen LogP contribution < -0.4 is 10.6 Å². The Labute approximate surface area is 424 Å². The van der Waals surface area contributed by atoms with E-state index in [1.54, 1.807) is 30.3 Å². The molecule has 382 valence electrons. The Hall–Kier alpha value is -3.76. The van der Waals surface area contributed by atoms with E-state index in [0.29, 0.717) is 35.8 Å². The second-order valence-electron chi connectivity index (χ2n) is 17.0. The minimum absolute atomic E-state index is 0.0126. The topological polar surface area (TPSA) is 172 Å². The van der Waals surface area contributed by atoms with Gasteiger partial charge in [0.1, 0.15) is 0 Å². The fourth-order valence-electron chi connectivity index (χ4n) is 8.52. The minimum Gasteiger partial charge on any atom is -0.315 e. The van der Waals surface area contributed by atoms with E-state index >= 15 is 0 Å². The summed E-state index contributed by atoms with van der Waals surface area (Å²) in [5, 5.41) is 8.46. The lowest BCUT2D eigenvalue weighted by molar-refractivity contribution is 0.342. The maximum atomic E-state index is 14.2. The molecule has 3 saturated heterocycles. The zero-order valence-corrected chi connectivity index (χ0v) is 43.9. The van der Waals surface area contributed by atoms with Gasteiger partial charge >= 0.3 is 0 Å². The predicted molar refractivity (Wildman–Crippen MR) is 273 cm³/mol. The molecule has 3 fully saturated rings. The van der Waals surface area contributed by atoms with Crippen molar-refractivity contribution in [3.05, 3.63) is 109 Å². The van der Waals surface area contributed by atoms with Crippen LogP contribution in [0.5, 0.6) is 0 Å². The van der Waals surface area contributed by atoms with Gasteiger partial charge in [0.15, 0.2) is 17.5 Å². The molecule has 3 aromatic carbocycles. The van der Waals surface area contributed by atoms with Crippen molar-refractivity contribution in [1.29, 1.82) is 0 Å². The molecule has 0 unspecified atom stereocenters. The normalized spacial score (nSPS) is 19.6. The first-order chi connectivity index (χ1) is 33.3. The Morgan fingerprint density at radius 3 is 1.49 bits per heavy atom. The largest absolute Gasteiger partial charge is 0.315 e. The van der Waals surface area contributed by atoms with E-state index in [0.717, 1.165) is 63.3 Å². The molecule has 6 aromatic rings. The maximum absolute atomic E-state index is 14.2. The summed E-state index contributed by atoms with van der Waals surface area (Å²) in [6, 6.07) is 14.4. The van der Waals surface area contributed by atoms with Gasteiger partial charge in [-0.3, -0.25) is 15.0 Å². The van der Waals surface area contributed by atoms with Gasteiger partial charge in [0.2, 0.25) is 20.0 Å². The Morgan fingerprint density at radius 2 is 0.986 bits per heavy atom. The smallest absolute Gasteiger partial charge is 0.262 e. The number of aromatic nitrogens is 3. The first-order valence-electron chi connectivity index (χ1n) is 23.0. The van der Waals surface area contributed by atoms with Gasteiger partial charge in [0.25, 0.3) is 9.05 Å². The molecule has 22 heteroatoms. The van der Waals surface area contributed by atoms with Gasteiger partial charge in [-0.1, -0.05) is 62.1 Å². The van der Waals surface area contributed by atoms with E-state index in [1.165, 1.54) is 83.7 Å². The molecule has 9 rings (SSSR count). The number of sulfonamides is 2. The number of rotatable bonds is 5. The first kappa shape index (κ1) is 57.1. The van der Waals surface area contributed by atoms with Crippen molar-refractivity contribution in [2.24, 2.45) is 0 Å². The van der Waals surface area contributed by atoms with Crippen LogP contribution in [-0.4, -0.2) is 105 Å². The highest BCUT2D eigenvalue weighted by Gasteiger charge is 2.33. The second kappa shape index (κ2) is 26.8. The van der Waals surface area contributed by atoms with Crippen LogP contribution in [0.3, 0.4) is 0 Å². The summed E-state index contributed by atoms with van der Waals surface area (Å²) < 4.78 is 119. The molecule has 0 radical (unpaired) electrons. The molecule has 0 amide bonds. The molecular weight excluding hydrogens is 1030 g/mol. The summed E-state index contributed by atoms with van der Waals surface area (Å²) in [6.45, 7) is 9.59. The van der Waals surface area contributed by atoms with Crippen molar-refractivity contribution < 1.29 is 38.4 Å². The lowest BCUT2D eigenvalue weighted by Gasteiger charge is -2.26. The highest BCUT2D eigenvalue weighted by Crippen LogP contribution is 2.32. The lowest BCUT2D eigenvalue weighted by Crippen LogP contribution is -2.41. The molecule has 3 aliphatic rings. The molecule has 0 aliphatic carbocycles. The average molecular weight is 1090 g/mol. The fraction of sp³-hybridized carbons (Fsp3) is 0.438. The van der Waals surface area contributed by atoms with Crippen molar-refractivity contribution in [1.82, 2.24) is 34.2 Å². The summed E-state index contributed by atoms with van der Waals surface area (Å²) in [7, 11) is -6.23. The minimum atomic E-state index is -3.95. The molecule has 3 aromatic heterocycles. The van der Waals surface area contributed by atoms with E-state index in [9.17, 15) is 38.4 Å². The fourth-order valence-corrected chi connectivity index (χ4v) is 13.4. The summed E-state index contributed by atoms with van der Waals surface area (Å²) in [5.74, 6) is -1.91. The molecule has 0 bridgehead atoms. The van der Waals surface area contributed by atoms with Crippen LogP contribution in [-0.2, 0) is 29.1 Å². The predicted octanol–water partition coefficient (Wildman–Crippen LogP) is 10.3. The van der Waals surface area contributed by atoms with Crippen molar-refractivity contribution in [2.45, 2.75) is 111 Å². The Bertz CT molecular complexity index is 2860. The summed E-state index contributed by atoms with van der Waals surface area (Å²) in [4.78, 5) is 11.0. The molecular formula is C48H59Cl3F3N7O6S3. The average Bonchev–Trinajstić information content (AvgIpc) is 3.82. The van der Waals surface area contributed by atoms with Crippen molar-refractivity contribution in [2.75, 3.05) is 38.1 Å². The van der Waals surface area contributed by atoms with Crippen LogP contribution in [0.1, 0.15) is 78.6 Å². The monoisotopic (exact) mass is 1090 g/mol. The van der Waals surface area contributed by atoms with Crippen molar-refractivity contribution in [3.8, 4) is 0 Å². The SMILES string of the molecule is C[C@H]1CCCCCN1.C[C@H]1CCCCCN1S(=O)(=O)c1cccc2cncc(F)c12.C[C@H]1CNCCCN1S(=O)(=O)c1cccc2cncc(F)c12.ClCCl.O=S(=O)(Cl)c1cccc2cncc(F)c12. The highest BCUT2D eigenvalue weighted by molar-refractivity contribution is 8.14. The van der Waals surface area contributed by atoms with Crippen LogP contribution in [0.4, 0.5) is 13.2 Å². The third-order valence-electron chi connectivity index (χ3n) is 12.0. The Morgan fingerprint density at radius 1 is 0.557 bits per heavy atom. The zero-order valence-electron chi connectivity index (χ0n) is 39.2. The van der Waals surface area contributed by atoms with E-state index in [1.807, 2.05) is 13.8 Å². The highest BCUT2D eigenvalue weighted by atomic mass is 35.7. The molecule has 70 heavy (non-hydrogen) atoms. The number of benzene rings is 3. The summed E-state index contributed by atoms with van der Waals surface area (Å²) >= 11 is 9.53. The van der Waals surface area contributed by atoms with Gasteiger partial charge in [-0.2, -0.15) is 8.61 Å². The standard InChI is InChI=1S/C16H19FN2O2S.C15H18FN3O2S.C9H5ClFNO2S.C7H15N.CH2Cl2/c1-12-6-3-2-4-9-19(12)22(20,21)15-8-5-7-13-10-18-11-14(17)16(13)15;1-11-8-17-6-3-7-19(11)22(20,21)14-5-2-4-12-9-18-10-13(16)15(12)14;10-15(13,14)8-3-1-2-6-4-12-5-7(11)9(6)8;1-7-5-3-2-4-6-8-7;2-1-3/h5,7-8,10-12H,2-4,6,9H2,1H3;2,4-5,9-11,17H,3,6-8H2,1H3;1-5H;7-8H,2-6H2,1H3;1H2/t12-;11-;;7-;/m00.0./s1. The Kier molecular flexibility index (Phi) is 21.9. The maximum Gasteiger partial charge on any atom is 0.262 e. The number of hydrogen-bond acceptors (Lipinski definition) is 11. The molecule has 0 spiro atoms. The van der Waals surface area contributed by atoms with E-state index in [2.05, 4.69) is 32.5 Å². The molecule has 0 saturated carbocycles. The molecule has 2 N–H and O–H groups in total. The van der Waals surface area contributed by atoms with Gasteiger partial charge in [-0.15, -0.1) is 23.2 Å². The van der Waals surface area contributed by atoms with E-state index in [4.69, 9.17) is 33.9 Å². The summed E-state index contributed by atoms with van der Waals surface area (Å²) in [5.41, 5.74) is 0. The Balaban J connectivity index is 0.000000179. The van der Waals surface area contributed by atoms with Gasteiger partial charge in [0, 0.05) is 99.4 Å². The molecule has 6 heterocycles. The molecule has 3 aliphatic heterocycles. The van der Waals surface area contributed by atoms with Crippen LogP contribution in [0, 0.1) is 17.5 Å². The van der Waals surface area contributed by atoms with E-state index < -0.39 is 46.5 Å². The summed E-state index contributed by atoms with van der Waals surface area (Å²) in [6.07, 6.45) is 17.5. The van der Waals surface area contributed by atoms with Gasteiger partial charge in [-0.05, 0) is 84.2 Å². The number of nitrogens with zero attached hydrogens (tertiary/aromatic N) is 5. The van der Waals surface area contributed by atoms with Gasteiger partial charge in [0.05, 0.1) is 38.6 Å². The third kappa shape index (κ3) is 14.9. The van der Waals surface area contributed by atoms with Crippen LogP contribution >= 0.6 is 33.9 Å². The van der Waals surface area contributed by atoms with Crippen molar-refractivity contribution in [3.63, 3.8) is 0 Å². The number of nitrogens with one attached hydrogen (secondary N) is 2. The number of halogens is 6. The van der Waals surface area contributed by atoms with Crippen LogP contribution in [0.25, 0.3) is 32.3 Å². The third-order valence-corrected chi connectivity index (χ3v) is 17.5. The van der Waals surface area contributed by atoms with Crippen LogP contribution in [0.15, 0.2) is 106 Å². The van der Waals surface area contributed by atoms with Gasteiger partial charge < -0.3 is 10.6 Å². The first-order valence-corrected chi connectivity index (χ1v) is 29.2. The van der Waals surface area contributed by atoms with Gasteiger partial charge in [-0.25, -0.2) is 38.4 Å². The number of hydrogen-bond donors (Lipinski definition) is 2. The molecule has 13 nitrogen and oxygen atoms in total.